The second kappa shape index (κ2) is 7.49. The summed E-state index contributed by atoms with van der Waals surface area (Å²) in [7, 11) is 0. The van der Waals surface area contributed by atoms with Crippen LogP contribution in [0.5, 0.6) is 5.75 Å². The van der Waals surface area contributed by atoms with Gasteiger partial charge in [-0.2, -0.15) is 0 Å². The molecule has 2 N–H and O–H groups in total. The van der Waals surface area contributed by atoms with Crippen LogP contribution >= 0.6 is 12.8 Å². The zero-order chi connectivity index (χ0) is 18.7. The Balaban J connectivity index is 1.81. The molecule has 8 heteroatoms. The summed E-state index contributed by atoms with van der Waals surface area (Å²) >= 11 is 3.78. The highest BCUT2D eigenvalue weighted by Gasteiger charge is 2.30. The van der Waals surface area contributed by atoms with Gasteiger partial charge in [-0.15, -0.1) is 0 Å². The summed E-state index contributed by atoms with van der Waals surface area (Å²) in [5.41, 5.74) is 2.06. The Morgan fingerprint density at radius 1 is 1.31 bits per heavy atom. The van der Waals surface area contributed by atoms with Crippen molar-refractivity contribution in [1.29, 1.82) is 0 Å². The summed E-state index contributed by atoms with van der Waals surface area (Å²) in [5.74, 6) is -0.187. The van der Waals surface area contributed by atoms with Gasteiger partial charge in [0.15, 0.2) is 0 Å². The van der Waals surface area contributed by atoms with Gasteiger partial charge in [0.2, 0.25) is 6.41 Å². The van der Waals surface area contributed by atoms with E-state index >= 15 is 0 Å². The number of amides is 4. The number of rotatable bonds is 5. The van der Waals surface area contributed by atoms with Crippen molar-refractivity contribution in [3.63, 3.8) is 0 Å². The van der Waals surface area contributed by atoms with Crippen LogP contribution in [-0.2, 0) is 11.3 Å². The molecule has 0 aliphatic carbocycles. The number of aromatic hydroxyl groups is 1. The number of hydrogen-bond donors (Lipinski definition) is 3. The molecule has 0 aromatic heterocycles. The van der Waals surface area contributed by atoms with Crippen molar-refractivity contribution in [3.8, 4) is 5.75 Å². The summed E-state index contributed by atoms with van der Waals surface area (Å²) in [6.07, 6.45) is 0.292. The van der Waals surface area contributed by atoms with Crippen molar-refractivity contribution in [2.75, 3.05) is 6.54 Å². The number of nitrogens with one attached hydrogen (secondary N) is 1. The first kappa shape index (κ1) is 17.8. The first-order valence-electron chi connectivity index (χ1n) is 7.89. The van der Waals surface area contributed by atoms with Gasteiger partial charge >= 0.3 is 6.03 Å². The molecule has 1 aliphatic rings. The predicted octanol–water partition coefficient (Wildman–Crippen LogP) is 2.10. The summed E-state index contributed by atoms with van der Waals surface area (Å²) in [6, 6.07) is 12.6. The number of imide groups is 1. The van der Waals surface area contributed by atoms with Crippen LogP contribution in [0.15, 0.2) is 48.5 Å². The Morgan fingerprint density at radius 3 is 2.73 bits per heavy atom. The molecule has 0 saturated heterocycles. The van der Waals surface area contributed by atoms with E-state index in [1.54, 1.807) is 11.0 Å². The summed E-state index contributed by atoms with van der Waals surface area (Å²) in [6.45, 7) is 0.594. The Morgan fingerprint density at radius 2 is 2.04 bits per heavy atom. The largest absolute Gasteiger partial charge is 0.508 e. The summed E-state index contributed by atoms with van der Waals surface area (Å²) in [5, 5.41) is 12.3. The molecule has 7 nitrogen and oxygen atoms in total. The number of benzene rings is 2. The van der Waals surface area contributed by atoms with E-state index in [-0.39, 0.29) is 18.2 Å². The lowest BCUT2D eigenvalue weighted by Gasteiger charge is -2.26. The molecule has 2 aromatic rings. The number of phenolic OH excluding ortho intramolecular Hbond substituents is 1. The van der Waals surface area contributed by atoms with Crippen molar-refractivity contribution in [2.24, 2.45) is 0 Å². The number of nitrogens with zero attached hydrogens (tertiary/aromatic N) is 2. The predicted molar refractivity (Wildman–Crippen MR) is 97.5 cm³/mol. The number of carbonyl (C=O) groups is 3. The maximum absolute atomic E-state index is 12.6. The molecule has 1 heterocycles. The van der Waals surface area contributed by atoms with Crippen LogP contribution in [0.25, 0.3) is 0 Å². The molecule has 0 radical (unpaired) electrons. The van der Waals surface area contributed by atoms with Crippen LogP contribution in [0.3, 0.4) is 0 Å². The molecule has 0 bridgehead atoms. The minimum atomic E-state index is -0.681. The molecule has 0 unspecified atom stereocenters. The minimum Gasteiger partial charge on any atom is -0.508 e. The van der Waals surface area contributed by atoms with E-state index in [9.17, 15) is 19.5 Å². The van der Waals surface area contributed by atoms with E-state index in [1.165, 1.54) is 12.1 Å². The number of urea groups is 1. The standard InChI is InChI=1S/C18H17N3O4S/c22-11-21(26)18(25)19-16(12-4-2-1-3-5-12)10-20-9-13-6-7-14(23)8-15(13)17(20)24/h1-8,11,16,23,26H,9-10H2,(H,19,25)/t16-/m0/s1. The van der Waals surface area contributed by atoms with E-state index in [0.29, 0.717) is 22.8 Å². The van der Waals surface area contributed by atoms with Gasteiger partial charge in [-0.1, -0.05) is 49.2 Å². The molecule has 134 valence electrons. The molecule has 1 atom stereocenters. The van der Waals surface area contributed by atoms with E-state index in [1.807, 2.05) is 30.3 Å². The number of carbonyl (C=O) groups excluding carboxylic acids is 3. The fourth-order valence-electron chi connectivity index (χ4n) is 2.90. The van der Waals surface area contributed by atoms with Gasteiger partial charge in [0, 0.05) is 18.7 Å². The highest BCUT2D eigenvalue weighted by molar-refractivity contribution is 7.78. The molecular formula is C18H17N3O4S. The zero-order valence-corrected chi connectivity index (χ0v) is 14.6. The van der Waals surface area contributed by atoms with Crippen LogP contribution in [0.2, 0.25) is 0 Å². The molecule has 0 fully saturated rings. The third-order valence-electron chi connectivity index (χ3n) is 4.18. The fourth-order valence-corrected chi connectivity index (χ4v) is 2.96. The van der Waals surface area contributed by atoms with Gasteiger partial charge in [0.1, 0.15) is 5.75 Å². The van der Waals surface area contributed by atoms with Gasteiger partial charge in [-0.3, -0.25) is 9.59 Å². The lowest BCUT2D eigenvalue weighted by Crippen LogP contribution is -2.41. The van der Waals surface area contributed by atoms with Crippen molar-refractivity contribution in [1.82, 2.24) is 14.5 Å². The van der Waals surface area contributed by atoms with Gasteiger partial charge < -0.3 is 15.3 Å². The molecule has 26 heavy (non-hydrogen) atoms. The van der Waals surface area contributed by atoms with Gasteiger partial charge in [-0.25, -0.2) is 9.10 Å². The fraction of sp³-hybridized carbons (Fsp3) is 0.167. The molecule has 2 aromatic carbocycles. The lowest BCUT2D eigenvalue weighted by atomic mass is 10.1. The van der Waals surface area contributed by atoms with Gasteiger partial charge in [-0.05, 0) is 23.3 Å². The van der Waals surface area contributed by atoms with Gasteiger partial charge in [0.25, 0.3) is 5.91 Å². The maximum Gasteiger partial charge on any atom is 0.334 e. The average Bonchev–Trinajstić information content (AvgIpc) is 2.96. The highest BCUT2D eigenvalue weighted by Crippen LogP contribution is 2.28. The lowest BCUT2D eigenvalue weighted by molar-refractivity contribution is -0.112. The van der Waals surface area contributed by atoms with E-state index in [4.69, 9.17) is 0 Å². The Labute approximate surface area is 155 Å². The highest BCUT2D eigenvalue weighted by atomic mass is 32.1. The molecular weight excluding hydrogens is 354 g/mol. The number of hydrogen-bond acceptors (Lipinski definition) is 5. The second-order valence-electron chi connectivity index (χ2n) is 5.89. The first-order chi connectivity index (χ1) is 12.5. The molecule has 4 amide bonds. The summed E-state index contributed by atoms with van der Waals surface area (Å²) < 4.78 is 0.606. The number of phenols is 1. The number of thiol groups is 1. The van der Waals surface area contributed by atoms with Crippen molar-refractivity contribution in [2.45, 2.75) is 12.6 Å². The quantitative estimate of drug-likeness (QED) is 0.555. The molecule has 1 aliphatic heterocycles. The van der Waals surface area contributed by atoms with Crippen molar-refractivity contribution >= 4 is 31.2 Å². The normalized spacial score (nSPS) is 13.9. The molecule has 3 rings (SSSR count). The monoisotopic (exact) mass is 371 g/mol. The van der Waals surface area contributed by atoms with Gasteiger partial charge in [0.05, 0.1) is 6.04 Å². The second-order valence-corrected chi connectivity index (χ2v) is 6.32. The van der Waals surface area contributed by atoms with Crippen molar-refractivity contribution in [3.05, 3.63) is 65.2 Å². The zero-order valence-electron chi connectivity index (χ0n) is 13.7. The minimum absolute atomic E-state index is 0.0311. The smallest absolute Gasteiger partial charge is 0.334 e. The third-order valence-corrected chi connectivity index (χ3v) is 4.46. The van der Waals surface area contributed by atoms with E-state index in [0.717, 1.165) is 11.1 Å². The molecule has 0 saturated carbocycles. The van der Waals surface area contributed by atoms with Crippen LogP contribution in [0.1, 0.15) is 27.5 Å². The molecule has 0 spiro atoms. The average molecular weight is 371 g/mol. The summed E-state index contributed by atoms with van der Waals surface area (Å²) in [4.78, 5) is 37.0. The van der Waals surface area contributed by atoms with Crippen LogP contribution in [0.4, 0.5) is 4.79 Å². The van der Waals surface area contributed by atoms with Crippen molar-refractivity contribution < 1.29 is 19.5 Å². The Kier molecular flexibility index (Phi) is 5.13. The van der Waals surface area contributed by atoms with E-state index in [2.05, 4.69) is 18.1 Å². The topological polar surface area (TPSA) is 90.0 Å². The Hall–Kier alpha value is -3.00. The third kappa shape index (κ3) is 3.65. The maximum atomic E-state index is 12.6. The van der Waals surface area contributed by atoms with Crippen LogP contribution in [0, 0.1) is 0 Å². The first-order valence-corrected chi connectivity index (χ1v) is 8.29. The van der Waals surface area contributed by atoms with E-state index < -0.39 is 12.1 Å². The SMILES string of the molecule is O=CN(S)C(=O)N[C@@H](CN1Cc2ccc(O)cc2C1=O)c1ccccc1. The van der Waals surface area contributed by atoms with Crippen LogP contribution in [-0.4, -0.2) is 39.2 Å². The number of fused-ring (bicyclic) bond motifs is 1. The Bertz CT molecular complexity index is 844. The van der Waals surface area contributed by atoms with Crippen LogP contribution < -0.4 is 5.32 Å².